The van der Waals surface area contributed by atoms with E-state index in [-0.39, 0.29) is 12.6 Å². The van der Waals surface area contributed by atoms with Crippen LogP contribution in [0.1, 0.15) is 18.4 Å². The molecule has 2 heterocycles. The number of aromatic nitrogens is 1. The number of sulfonamides is 1. The van der Waals surface area contributed by atoms with Crippen LogP contribution in [-0.2, 0) is 10.0 Å². The third-order valence-electron chi connectivity index (χ3n) is 6.06. The summed E-state index contributed by atoms with van der Waals surface area (Å²) in [6.45, 7) is 3.26. The van der Waals surface area contributed by atoms with Crippen LogP contribution in [0.5, 0.6) is 11.5 Å². The number of benzene rings is 2. The number of piperidine rings is 1. The zero-order valence-corrected chi connectivity index (χ0v) is 22.2. The lowest BCUT2D eigenvalue weighted by Gasteiger charge is -2.31. The molecule has 36 heavy (non-hydrogen) atoms. The Hall–Kier alpha value is -2.48. The summed E-state index contributed by atoms with van der Waals surface area (Å²) >= 11 is 12.1. The van der Waals surface area contributed by atoms with Crippen LogP contribution in [0.2, 0.25) is 5.02 Å². The van der Waals surface area contributed by atoms with Gasteiger partial charge in [0.15, 0.2) is 5.75 Å². The Morgan fingerprint density at radius 1 is 1.14 bits per heavy atom. The summed E-state index contributed by atoms with van der Waals surface area (Å²) < 4.78 is 39.0. The second-order valence-electron chi connectivity index (χ2n) is 8.71. The van der Waals surface area contributed by atoms with Crippen molar-refractivity contribution in [1.29, 1.82) is 5.26 Å². The predicted molar refractivity (Wildman–Crippen MR) is 142 cm³/mol. The van der Waals surface area contributed by atoms with Gasteiger partial charge in [-0.25, -0.2) is 13.1 Å². The maximum Gasteiger partial charge on any atom is 0.208 e. The lowest BCUT2D eigenvalue weighted by atomic mass is 10.1. The molecule has 0 radical (unpaired) electrons. The molecule has 1 aliphatic rings. The SMILES string of the molecule is CS(=O)(=O)NC1CCN(CCOc2ccc3c(ccn3-c3cc(Cl)c(OCCCl)c(C#N)c3)c2)CC1. The molecule has 2 aromatic carbocycles. The number of nitrogens with one attached hydrogen (secondary N) is 1. The summed E-state index contributed by atoms with van der Waals surface area (Å²) in [7, 11) is -3.17. The summed E-state index contributed by atoms with van der Waals surface area (Å²) in [5.41, 5.74) is 2.06. The van der Waals surface area contributed by atoms with E-state index in [4.69, 9.17) is 32.7 Å². The molecule has 8 nitrogen and oxygen atoms in total. The van der Waals surface area contributed by atoms with Gasteiger partial charge in [0, 0.05) is 29.9 Å². The molecule has 1 saturated heterocycles. The number of nitriles is 1. The molecular formula is C25H28Cl2N4O4S. The molecule has 0 bridgehead atoms. The summed E-state index contributed by atoms with van der Waals surface area (Å²) in [5.74, 6) is 1.41. The van der Waals surface area contributed by atoms with Gasteiger partial charge in [-0.2, -0.15) is 5.26 Å². The molecule has 0 saturated carbocycles. The minimum Gasteiger partial charge on any atom is -0.492 e. The average molecular weight is 551 g/mol. The van der Waals surface area contributed by atoms with Crippen LogP contribution in [0.4, 0.5) is 0 Å². The fourth-order valence-corrected chi connectivity index (χ4v) is 5.58. The molecule has 1 aliphatic heterocycles. The maximum absolute atomic E-state index is 11.4. The summed E-state index contributed by atoms with van der Waals surface area (Å²) in [5, 5.41) is 10.9. The van der Waals surface area contributed by atoms with Crippen molar-refractivity contribution in [3.63, 3.8) is 0 Å². The molecule has 1 fully saturated rings. The van der Waals surface area contributed by atoms with Crippen LogP contribution in [0.25, 0.3) is 16.6 Å². The normalized spacial score (nSPS) is 15.2. The number of hydrogen-bond acceptors (Lipinski definition) is 6. The molecule has 0 amide bonds. The number of alkyl halides is 1. The van der Waals surface area contributed by atoms with E-state index in [1.807, 2.05) is 35.0 Å². The minimum absolute atomic E-state index is 0.0112. The third kappa shape index (κ3) is 6.64. The van der Waals surface area contributed by atoms with E-state index in [0.29, 0.717) is 28.8 Å². The van der Waals surface area contributed by atoms with Gasteiger partial charge in [0.2, 0.25) is 10.0 Å². The van der Waals surface area contributed by atoms with Crippen molar-refractivity contribution in [2.45, 2.75) is 18.9 Å². The largest absolute Gasteiger partial charge is 0.492 e. The van der Waals surface area contributed by atoms with Crippen LogP contribution in [-0.4, -0.2) is 68.9 Å². The molecule has 0 spiro atoms. The number of likely N-dealkylation sites (tertiary alicyclic amines) is 1. The van der Waals surface area contributed by atoms with E-state index in [1.54, 1.807) is 12.1 Å². The predicted octanol–water partition coefficient (Wildman–Crippen LogP) is 4.17. The van der Waals surface area contributed by atoms with E-state index in [1.165, 1.54) is 6.26 Å². The Morgan fingerprint density at radius 3 is 2.61 bits per heavy atom. The molecule has 192 valence electrons. The van der Waals surface area contributed by atoms with E-state index < -0.39 is 10.0 Å². The highest BCUT2D eigenvalue weighted by atomic mass is 35.5. The average Bonchev–Trinajstić information content (AvgIpc) is 3.26. The quantitative estimate of drug-likeness (QED) is 0.380. The zero-order valence-electron chi connectivity index (χ0n) is 19.9. The number of nitrogens with zero attached hydrogens (tertiary/aromatic N) is 3. The van der Waals surface area contributed by atoms with Crippen molar-refractivity contribution in [3.8, 4) is 23.3 Å². The van der Waals surface area contributed by atoms with Crippen molar-refractivity contribution in [2.24, 2.45) is 0 Å². The molecule has 11 heteroatoms. The molecule has 3 aromatic rings. The first-order valence-corrected chi connectivity index (χ1v) is 14.4. The smallest absolute Gasteiger partial charge is 0.208 e. The first-order chi connectivity index (χ1) is 17.3. The molecule has 0 atom stereocenters. The van der Waals surface area contributed by atoms with E-state index >= 15 is 0 Å². The Kier molecular flexibility index (Phi) is 8.65. The molecule has 0 aliphatic carbocycles. The topological polar surface area (TPSA) is 96.6 Å². The molecule has 1 aromatic heterocycles. The Morgan fingerprint density at radius 2 is 1.92 bits per heavy atom. The van der Waals surface area contributed by atoms with Crippen molar-refractivity contribution < 1.29 is 17.9 Å². The fraction of sp³-hybridized carbons (Fsp3) is 0.400. The number of fused-ring (bicyclic) bond motifs is 1. The fourth-order valence-electron chi connectivity index (χ4n) is 4.39. The molecule has 4 rings (SSSR count). The van der Waals surface area contributed by atoms with Crippen LogP contribution < -0.4 is 14.2 Å². The lowest BCUT2D eigenvalue weighted by Crippen LogP contribution is -2.45. The minimum atomic E-state index is -3.17. The Bertz CT molecular complexity index is 1360. The van der Waals surface area contributed by atoms with Gasteiger partial charge >= 0.3 is 0 Å². The summed E-state index contributed by atoms with van der Waals surface area (Å²) in [6.07, 6.45) is 4.72. The maximum atomic E-state index is 11.4. The van der Waals surface area contributed by atoms with Gasteiger partial charge in [-0.1, -0.05) is 11.6 Å². The van der Waals surface area contributed by atoms with Gasteiger partial charge in [0.1, 0.15) is 25.0 Å². The van der Waals surface area contributed by atoms with Gasteiger partial charge in [-0.15, -0.1) is 11.6 Å². The number of ether oxygens (including phenoxy) is 2. The van der Waals surface area contributed by atoms with Gasteiger partial charge < -0.3 is 14.0 Å². The standard InChI is InChI=1S/C25H28Cl2N4O4S/c1-36(32,33)29-20-5-8-30(9-6-20)11-13-34-22-2-3-24-18(15-22)4-10-31(24)21-14-19(17-28)25(23(27)16-21)35-12-7-26/h2-4,10,14-16,20,29H,5-9,11-13H2,1H3. The highest BCUT2D eigenvalue weighted by molar-refractivity contribution is 7.88. The van der Waals surface area contributed by atoms with E-state index in [9.17, 15) is 13.7 Å². The lowest BCUT2D eigenvalue weighted by molar-refractivity contribution is 0.170. The highest BCUT2D eigenvalue weighted by Gasteiger charge is 2.21. The molecular weight excluding hydrogens is 523 g/mol. The summed E-state index contributed by atoms with van der Waals surface area (Å²) in [6, 6.07) is 13.5. The summed E-state index contributed by atoms with van der Waals surface area (Å²) in [4.78, 5) is 2.28. The second-order valence-corrected chi connectivity index (χ2v) is 11.3. The number of hydrogen-bond donors (Lipinski definition) is 1. The Labute approximate surface area is 221 Å². The molecule has 1 N–H and O–H groups in total. The van der Waals surface area contributed by atoms with Crippen molar-refractivity contribution in [3.05, 3.63) is 53.2 Å². The number of halogens is 2. The Balaban J connectivity index is 1.38. The van der Waals surface area contributed by atoms with Crippen LogP contribution in [0.15, 0.2) is 42.6 Å². The monoisotopic (exact) mass is 550 g/mol. The highest BCUT2D eigenvalue weighted by Crippen LogP contribution is 2.33. The van der Waals surface area contributed by atoms with Crippen LogP contribution in [0.3, 0.4) is 0 Å². The van der Waals surface area contributed by atoms with Gasteiger partial charge in [0.25, 0.3) is 0 Å². The first kappa shape index (κ1) is 26.6. The van der Waals surface area contributed by atoms with Crippen molar-refractivity contribution >= 4 is 44.1 Å². The van der Waals surface area contributed by atoms with E-state index in [2.05, 4.69) is 15.7 Å². The van der Waals surface area contributed by atoms with Gasteiger partial charge in [-0.3, -0.25) is 4.90 Å². The van der Waals surface area contributed by atoms with Crippen molar-refractivity contribution in [2.75, 3.05) is 45.0 Å². The van der Waals surface area contributed by atoms with Crippen LogP contribution in [0, 0.1) is 11.3 Å². The van der Waals surface area contributed by atoms with Gasteiger partial charge in [-0.05, 0) is 62.3 Å². The first-order valence-electron chi connectivity index (χ1n) is 11.6. The van der Waals surface area contributed by atoms with Gasteiger partial charge in [0.05, 0.1) is 28.2 Å². The second kappa shape index (κ2) is 11.7. The third-order valence-corrected chi connectivity index (χ3v) is 7.25. The molecule has 0 unspecified atom stereocenters. The number of rotatable bonds is 10. The zero-order chi connectivity index (χ0) is 25.7. The van der Waals surface area contributed by atoms with Crippen molar-refractivity contribution in [1.82, 2.24) is 14.2 Å². The van der Waals surface area contributed by atoms with E-state index in [0.717, 1.165) is 54.8 Å². The van der Waals surface area contributed by atoms with Crippen LogP contribution >= 0.6 is 23.2 Å².